The highest BCUT2D eigenvalue weighted by atomic mass is 35.5. The summed E-state index contributed by atoms with van der Waals surface area (Å²) in [7, 11) is 3.94. The van der Waals surface area contributed by atoms with Crippen molar-refractivity contribution in [3.63, 3.8) is 0 Å². The van der Waals surface area contributed by atoms with E-state index in [1.54, 1.807) is 23.1 Å². The van der Waals surface area contributed by atoms with E-state index in [4.69, 9.17) is 27.9 Å². The lowest BCUT2D eigenvalue weighted by Gasteiger charge is -2.27. The molecular weight excluding hydrogens is 353 g/mol. The van der Waals surface area contributed by atoms with E-state index in [1.165, 1.54) is 0 Å². The fourth-order valence-electron chi connectivity index (χ4n) is 1.96. The summed E-state index contributed by atoms with van der Waals surface area (Å²) in [5.41, 5.74) is 0. The molecule has 24 heavy (non-hydrogen) atoms. The Balaban J connectivity index is 0.00000529. The van der Waals surface area contributed by atoms with Gasteiger partial charge in [-0.25, -0.2) is 4.79 Å². The van der Waals surface area contributed by atoms with Gasteiger partial charge in [0.05, 0.1) is 6.54 Å². The van der Waals surface area contributed by atoms with Crippen molar-refractivity contribution in [3.8, 4) is 5.75 Å². The van der Waals surface area contributed by atoms with E-state index in [0.29, 0.717) is 35.5 Å². The molecule has 0 bridgehead atoms. The largest absolute Gasteiger partial charge is 0.492 e. The van der Waals surface area contributed by atoms with Crippen molar-refractivity contribution >= 4 is 29.2 Å². The summed E-state index contributed by atoms with van der Waals surface area (Å²) >= 11 is 11.9. The number of rotatable bonds is 8. The fraction of sp³-hybridized carbons (Fsp3) is 0.562. The van der Waals surface area contributed by atoms with Gasteiger partial charge in [-0.3, -0.25) is 0 Å². The lowest BCUT2D eigenvalue weighted by Crippen LogP contribution is -2.47. The molecule has 0 aliphatic carbocycles. The Bertz CT molecular complexity index is 493. The summed E-state index contributed by atoms with van der Waals surface area (Å²) in [6.45, 7) is 6.21. The SMILES string of the molecule is CC(C)N(CCOc1cc(Cl)cc(Cl)c1)C(=O)NCCN(C)C.O. The number of hydrogen-bond acceptors (Lipinski definition) is 3. The van der Waals surface area contributed by atoms with Gasteiger partial charge in [0.25, 0.3) is 0 Å². The van der Waals surface area contributed by atoms with Crippen LogP contribution in [0.15, 0.2) is 18.2 Å². The summed E-state index contributed by atoms with van der Waals surface area (Å²) < 4.78 is 5.64. The number of hydrogen-bond donors (Lipinski definition) is 1. The minimum absolute atomic E-state index is 0. The van der Waals surface area contributed by atoms with Crippen LogP contribution in [0.25, 0.3) is 0 Å². The highest BCUT2D eigenvalue weighted by Gasteiger charge is 2.16. The van der Waals surface area contributed by atoms with Crippen molar-refractivity contribution in [2.45, 2.75) is 19.9 Å². The second-order valence-corrected chi connectivity index (χ2v) is 6.65. The van der Waals surface area contributed by atoms with Gasteiger partial charge in [-0.2, -0.15) is 0 Å². The minimum atomic E-state index is -0.0884. The van der Waals surface area contributed by atoms with E-state index < -0.39 is 0 Å². The number of ether oxygens (including phenoxy) is 1. The van der Waals surface area contributed by atoms with Crippen molar-refractivity contribution in [2.24, 2.45) is 0 Å². The van der Waals surface area contributed by atoms with Crippen LogP contribution < -0.4 is 10.1 Å². The molecule has 0 radical (unpaired) electrons. The van der Waals surface area contributed by atoms with Gasteiger partial charge < -0.3 is 25.3 Å². The summed E-state index contributed by atoms with van der Waals surface area (Å²) in [6, 6.07) is 5.04. The van der Waals surface area contributed by atoms with Crippen LogP contribution in [0.2, 0.25) is 10.0 Å². The quantitative estimate of drug-likeness (QED) is 0.753. The summed E-state index contributed by atoms with van der Waals surface area (Å²) in [5.74, 6) is 0.597. The first-order chi connectivity index (χ1) is 10.8. The van der Waals surface area contributed by atoms with Crippen LogP contribution >= 0.6 is 23.2 Å². The number of carbonyl (C=O) groups is 1. The van der Waals surface area contributed by atoms with E-state index in [-0.39, 0.29) is 17.5 Å². The molecule has 1 aromatic rings. The van der Waals surface area contributed by atoms with Crippen LogP contribution in [-0.2, 0) is 0 Å². The normalized spacial score (nSPS) is 10.5. The first-order valence-electron chi connectivity index (χ1n) is 7.57. The predicted molar refractivity (Wildman–Crippen MR) is 99.4 cm³/mol. The molecule has 6 nitrogen and oxygen atoms in total. The standard InChI is InChI=1S/C16H25Cl2N3O2.H2O/c1-12(2)21(16(22)19-5-6-20(3)4)7-8-23-15-10-13(17)9-14(18)11-15;/h9-12H,5-8H2,1-4H3,(H,19,22);1H2. The Morgan fingerprint density at radius 2 is 1.75 bits per heavy atom. The van der Waals surface area contributed by atoms with Gasteiger partial charge in [-0.1, -0.05) is 23.2 Å². The van der Waals surface area contributed by atoms with Crippen molar-refractivity contribution in [1.29, 1.82) is 0 Å². The van der Waals surface area contributed by atoms with Crippen LogP contribution in [0, 0.1) is 0 Å². The molecule has 1 aromatic carbocycles. The third kappa shape index (κ3) is 8.59. The molecule has 138 valence electrons. The number of urea groups is 1. The van der Waals surface area contributed by atoms with Crippen molar-refractivity contribution in [1.82, 2.24) is 15.1 Å². The van der Waals surface area contributed by atoms with Crippen LogP contribution in [0.5, 0.6) is 5.75 Å². The van der Waals surface area contributed by atoms with Crippen LogP contribution in [-0.4, -0.2) is 67.7 Å². The van der Waals surface area contributed by atoms with Gasteiger partial charge in [0, 0.05) is 29.2 Å². The Kier molecular flexibility index (Phi) is 10.8. The van der Waals surface area contributed by atoms with Gasteiger partial charge in [-0.15, -0.1) is 0 Å². The molecule has 0 fully saturated rings. The van der Waals surface area contributed by atoms with Crippen molar-refractivity contribution in [3.05, 3.63) is 28.2 Å². The lowest BCUT2D eigenvalue weighted by atomic mass is 10.3. The maximum atomic E-state index is 12.2. The molecule has 0 aromatic heterocycles. The number of likely N-dealkylation sites (N-methyl/N-ethyl adjacent to an activating group) is 1. The fourth-order valence-corrected chi connectivity index (χ4v) is 2.46. The Labute approximate surface area is 154 Å². The highest BCUT2D eigenvalue weighted by molar-refractivity contribution is 6.34. The van der Waals surface area contributed by atoms with Gasteiger partial charge in [0.15, 0.2) is 0 Å². The first kappa shape index (κ1) is 22.8. The van der Waals surface area contributed by atoms with E-state index in [0.717, 1.165) is 6.54 Å². The molecule has 3 N–H and O–H groups in total. The van der Waals surface area contributed by atoms with Gasteiger partial charge in [0.1, 0.15) is 12.4 Å². The first-order valence-corrected chi connectivity index (χ1v) is 8.33. The number of amides is 2. The van der Waals surface area contributed by atoms with Crippen molar-refractivity contribution in [2.75, 3.05) is 40.3 Å². The number of carbonyl (C=O) groups excluding carboxylic acids is 1. The number of halogens is 2. The molecule has 0 saturated heterocycles. The second kappa shape index (κ2) is 11.4. The monoisotopic (exact) mass is 379 g/mol. The Hall–Kier alpha value is -1.21. The molecule has 0 aliphatic heterocycles. The van der Waals surface area contributed by atoms with E-state index in [9.17, 15) is 4.79 Å². The lowest BCUT2D eigenvalue weighted by molar-refractivity contribution is 0.165. The zero-order valence-corrected chi connectivity index (χ0v) is 16.1. The molecule has 0 unspecified atom stereocenters. The summed E-state index contributed by atoms with van der Waals surface area (Å²) in [6.07, 6.45) is 0. The Morgan fingerprint density at radius 1 is 1.17 bits per heavy atom. The number of nitrogens with one attached hydrogen (secondary N) is 1. The topological polar surface area (TPSA) is 76.3 Å². The van der Waals surface area contributed by atoms with Crippen LogP contribution in [0.3, 0.4) is 0 Å². The molecule has 0 heterocycles. The highest BCUT2D eigenvalue weighted by Crippen LogP contribution is 2.24. The molecule has 0 spiro atoms. The summed E-state index contributed by atoms with van der Waals surface area (Å²) in [5, 5.41) is 3.96. The minimum Gasteiger partial charge on any atom is -0.492 e. The van der Waals surface area contributed by atoms with E-state index in [1.807, 2.05) is 32.8 Å². The zero-order chi connectivity index (χ0) is 17.4. The molecule has 0 saturated carbocycles. The smallest absolute Gasteiger partial charge is 0.317 e. The van der Waals surface area contributed by atoms with Crippen molar-refractivity contribution < 1.29 is 15.0 Å². The van der Waals surface area contributed by atoms with Gasteiger partial charge in [-0.05, 0) is 46.1 Å². The number of nitrogens with zero attached hydrogens (tertiary/aromatic N) is 2. The Morgan fingerprint density at radius 3 is 2.25 bits per heavy atom. The molecule has 2 amide bonds. The third-order valence-corrected chi connectivity index (χ3v) is 3.59. The average molecular weight is 380 g/mol. The third-order valence-electron chi connectivity index (χ3n) is 3.16. The molecule has 1 rings (SSSR count). The maximum absolute atomic E-state index is 12.2. The molecule has 0 atom stereocenters. The van der Waals surface area contributed by atoms with Crippen LogP contribution in [0.1, 0.15) is 13.8 Å². The van der Waals surface area contributed by atoms with Gasteiger partial charge >= 0.3 is 6.03 Å². The predicted octanol–water partition coefficient (Wildman–Crippen LogP) is 2.53. The van der Waals surface area contributed by atoms with E-state index >= 15 is 0 Å². The number of benzene rings is 1. The maximum Gasteiger partial charge on any atom is 0.317 e. The molecule has 0 aliphatic rings. The average Bonchev–Trinajstić information content (AvgIpc) is 2.41. The second-order valence-electron chi connectivity index (χ2n) is 5.78. The molecular formula is C16H27Cl2N3O3. The zero-order valence-electron chi connectivity index (χ0n) is 14.6. The molecule has 8 heteroatoms. The van der Waals surface area contributed by atoms with Gasteiger partial charge in [0.2, 0.25) is 0 Å². The summed E-state index contributed by atoms with van der Waals surface area (Å²) in [4.78, 5) is 16.0. The van der Waals surface area contributed by atoms with E-state index in [2.05, 4.69) is 5.32 Å². The van der Waals surface area contributed by atoms with Crippen LogP contribution in [0.4, 0.5) is 4.79 Å².